The highest BCUT2D eigenvalue weighted by atomic mass is 16.5. The first-order valence-corrected chi connectivity index (χ1v) is 14.3. The minimum Gasteiger partial charge on any atom is -0.469 e. The van der Waals surface area contributed by atoms with Crippen LogP contribution in [-0.4, -0.2) is 48.0 Å². The van der Waals surface area contributed by atoms with Crippen LogP contribution in [0, 0.1) is 46.3 Å². The zero-order chi connectivity index (χ0) is 25.4. The number of methoxy groups -OCH3 is 1. The molecule has 0 radical (unpaired) electrons. The Labute approximate surface area is 212 Å². The lowest BCUT2D eigenvalue weighted by atomic mass is 9.43. The molecule has 0 unspecified atom stereocenters. The standard InChI is InChI=1S/C29H49NO5/c1-18(7-10-25(33)30-15-5-6-26(34)35-4)21-8-9-22-27-23(12-14-29(21,22)3)28(2)13-11-20(31)16-19(28)17-24(27)32/h18-24,27,31-32H,5-17H2,1-4H3,(H,30,33)/t18-,19+,20-,21-,22+,23+,24+,27+,28+,29-/m1/s1. The number of ether oxygens (including phenoxy) is 1. The molecule has 4 aliphatic rings. The Kier molecular flexibility index (Phi) is 8.22. The maximum absolute atomic E-state index is 12.4. The average molecular weight is 492 g/mol. The summed E-state index contributed by atoms with van der Waals surface area (Å²) in [5.74, 6) is 2.91. The van der Waals surface area contributed by atoms with Crippen molar-refractivity contribution in [3.05, 3.63) is 0 Å². The Balaban J connectivity index is 1.34. The Morgan fingerprint density at radius 1 is 1.00 bits per heavy atom. The second kappa shape index (κ2) is 10.7. The topological polar surface area (TPSA) is 95.9 Å². The molecule has 1 amide bonds. The van der Waals surface area contributed by atoms with Crippen LogP contribution in [0.4, 0.5) is 0 Å². The molecule has 35 heavy (non-hydrogen) atoms. The van der Waals surface area contributed by atoms with Gasteiger partial charge in [-0.3, -0.25) is 9.59 Å². The molecule has 0 aromatic rings. The molecule has 4 aliphatic carbocycles. The van der Waals surface area contributed by atoms with Gasteiger partial charge in [0.2, 0.25) is 5.91 Å². The summed E-state index contributed by atoms with van der Waals surface area (Å²) in [4.78, 5) is 23.6. The summed E-state index contributed by atoms with van der Waals surface area (Å²) in [5.41, 5.74) is 0.510. The van der Waals surface area contributed by atoms with Gasteiger partial charge in [0.05, 0.1) is 19.3 Å². The van der Waals surface area contributed by atoms with Crippen LogP contribution in [0.1, 0.15) is 97.8 Å². The molecule has 4 fully saturated rings. The van der Waals surface area contributed by atoms with Gasteiger partial charge < -0.3 is 20.3 Å². The number of carbonyl (C=O) groups is 2. The minimum atomic E-state index is -0.238. The van der Waals surface area contributed by atoms with Crippen molar-refractivity contribution in [2.24, 2.45) is 46.3 Å². The molecule has 0 aromatic heterocycles. The van der Waals surface area contributed by atoms with Crippen LogP contribution < -0.4 is 5.32 Å². The molecule has 4 rings (SSSR count). The Morgan fingerprint density at radius 2 is 1.71 bits per heavy atom. The van der Waals surface area contributed by atoms with Gasteiger partial charge in [-0.25, -0.2) is 0 Å². The molecule has 6 heteroatoms. The number of nitrogens with one attached hydrogen (secondary N) is 1. The number of hydrogen-bond acceptors (Lipinski definition) is 5. The second-order valence-electron chi connectivity index (χ2n) is 13.0. The first-order valence-electron chi connectivity index (χ1n) is 14.3. The molecule has 4 saturated carbocycles. The van der Waals surface area contributed by atoms with Crippen molar-refractivity contribution in [2.45, 2.75) is 110 Å². The summed E-state index contributed by atoms with van der Waals surface area (Å²) in [6.07, 6.45) is 10.5. The van der Waals surface area contributed by atoms with E-state index in [-0.39, 0.29) is 34.9 Å². The number of hydrogen-bond donors (Lipinski definition) is 3. The second-order valence-corrected chi connectivity index (χ2v) is 13.0. The van der Waals surface area contributed by atoms with Gasteiger partial charge in [-0.1, -0.05) is 20.8 Å². The molecular formula is C29H49NO5. The first-order chi connectivity index (χ1) is 16.6. The third kappa shape index (κ3) is 5.16. The molecular weight excluding hydrogens is 442 g/mol. The van der Waals surface area contributed by atoms with E-state index in [1.165, 1.54) is 32.8 Å². The van der Waals surface area contributed by atoms with Crippen molar-refractivity contribution in [1.82, 2.24) is 5.32 Å². The monoisotopic (exact) mass is 491 g/mol. The predicted molar refractivity (Wildman–Crippen MR) is 135 cm³/mol. The highest BCUT2D eigenvalue weighted by Gasteiger charge is 2.62. The summed E-state index contributed by atoms with van der Waals surface area (Å²) in [7, 11) is 1.39. The molecule has 200 valence electrons. The van der Waals surface area contributed by atoms with Crippen LogP contribution >= 0.6 is 0 Å². The van der Waals surface area contributed by atoms with E-state index < -0.39 is 0 Å². The lowest BCUT2D eigenvalue weighted by molar-refractivity contribution is -0.174. The van der Waals surface area contributed by atoms with E-state index >= 15 is 0 Å². The molecule has 0 aliphatic heterocycles. The summed E-state index contributed by atoms with van der Waals surface area (Å²) in [5, 5.41) is 24.6. The molecule has 0 saturated heterocycles. The zero-order valence-electron chi connectivity index (χ0n) is 22.4. The summed E-state index contributed by atoms with van der Waals surface area (Å²) in [6.45, 7) is 7.80. The van der Waals surface area contributed by atoms with Crippen molar-refractivity contribution in [1.29, 1.82) is 0 Å². The molecule has 0 spiro atoms. The zero-order valence-corrected chi connectivity index (χ0v) is 22.4. The molecule has 0 heterocycles. The van der Waals surface area contributed by atoms with Gasteiger partial charge in [-0.2, -0.15) is 0 Å². The molecule has 6 nitrogen and oxygen atoms in total. The molecule has 3 N–H and O–H groups in total. The van der Waals surface area contributed by atoms with Crippen LogP contribution in [0.25, 0.3) is 0 Å². The number of aliphatic hydroxyl groups is 2. The number of aliphatic hydroxyl groups excluding tert-OH is 2. The van der Waals surface area contributed by atoms with Gasteiger partial charge >= 0.3 is 5.97 Å². The van der Waals surface area contributed by atoms with E-state index in [2.05, 4.69) is 30.8 Å². The Hall–Kier alpha value is -1.14. The van der Waals surface area contributed by atoms with Gasteiger partial charge in [-0.15, -0.1) is 0 Å². The molecule has 10 atom stereocenters. The minimum absolute atomic E-state index is 0.0753. The average Bonchev–Trinajstić information content (AvgIpc) is 3.18. The van der Waals surface area contributed by atoms with E-state index in [0.717, 1.165) is 32.1 Å². The fraction of sp³-hybridized carbons (Fsp3) is 0.931. The van der Waals surface area contributed by atoms with Crippen molar-refractivity contribution >= 4 is 11.9 Å². The van der Waals surface area contributed by atoms with Gasteiger partial charge in [0.15, 0.2) is 0 Å². The number of esters is 1. The molecule has 0 aromatic carbocycles. The summed E-state index contributed by atoms with van der Waals surface area (Å²) < 4.78 is 4.64. The lowest BCUT2D eigenvalue weighted by Gasteiger charge is -2.62. The number of amides is 1. The number of carbonyl (C=O) groups excluding carboxylic acids is 2. The smallest absolute Gasteiger partial charge is 0.305 e. The van der Waals surface area contributed by atoms with Crippen LogP contribution in [0.15, 0.2) is 0 Å². The van der Waals surface area contributed by atoms with Gasteiger partial charge in [0, 0.05) is 19.4 Å². The third-order valence-corrected chi connectivity index (χ3v) is 11.3. The normalized spacial score (nSPS) is 43.4. The third-order valence-electron chi connectivity index (χ3n) is 11.3. The Morgan fingerprint density at radius 3 is 2.46 bits per heavy atom. The highest BCUT2D eigenvalue weighted by molar-refractivity contribution is 5.76. The van der Waals surface area contributed by atoms with Crippen molar-refractivity contribution in [2.75, 3.05) is 13.7 Å². The van der Waals surface area contributed by atoms with Crippen molar-refractivity contribution < 1.29 is 24.5 Å². The fourth-order valence-corrected chi connectivity index (χ4v) is 9.39. The SMILES string of the molecule is COC(=O)CCCNC(=O)CC[C@@H](C)[C@H]1CC[C@H]2[C@@H]3[C@@H](O)C[C@@H]4C[C@H](O)CC[C@]4(C)[C@H]3CC[C@]12C. The quantitative estimate of drug-likeness (QED) is 0.344. The maximum Gasteiger partial charge on any atom is 0.305 e. The predicted octanol–water partition coefficient (Wildman–Crippen LogP) is 4.46. The van der Waals surface area contributed by atoms with Crippen LogP contribution in [-0.2, 0) is 14.3 Å². The number of rotatable bonds is 8. The van der Waals surface area contributed by atoms with Gasteiger partial charge in [0.1, 0.15) is 0 Å². The summed E-state index contributed by atoms with van der Waals surface area (Å²) >= 11 is 0. The summed E-state index contributed by atoms with van der Waals surface area (Å²) in [6, 6.07) is 0. The van der Waals surface area contributed by atoms with Crippen molar-refractivity contribution in [3.8, 4) is 0 Å². The first kappa shape index (κ1) is 26.9. The fourth-order valence-electron chi connectivity index (χ4n) is 9.39. The van der Waals surface area contributed by atoms with E-state index in [0.29, 0.717) is 61.3 Å². The van der Waals surface area contributed by atoms with Gasteiger partial charge in [0.25, 0.3) is 0 Å². The van der Waals surface area contributed by atoms with Crippen LogP contribution in [0.3, 0.4) is 0 Å². The number of fused-ring (bicyclic) bond motifs is 5. The molecule has 0 bridgehead atoms. The van der Waals surface area contributed by atoms with Gasteiger partial charge in [-0.05, 0) is 111 Å². The van der Waals surface area contributed by atoms with E-state index in [1.807, 2.05) is 0 Å². The van der Waals surface area contributed by atoms with Crippen LogP contribution in [0.2, 0.25) is 0 Å². The highest BCUT2D eigenvalue weighted by Crippen LogP contribution is 2.68. The van der Waals surface area contributed by atoms with Crippen molar-refractivity contribution in [3.63, 3.8) is 0 Å². The van der Waals surface area contributed by atoms with E-state index in [4.69, 9.17) is 0 Å². The maximum atomic E-state index is 12.4. The van der Waals surface area contributed by atoms with E-state index in [9.17, 15) is 19.8 Å². The van der Waals surface area contributed by atoms with Crippen LogP contribution in [0.5, 0.6) is 0 Å². The lowest BCUT2D eigenvalue weighted by Crippen LogP contribution is -2.58. The van der Waals surface area contributed by atoms with E-state index in [1.54, 1.807) is 0 Å². The Bertz CT molecular complexity index is 772. The largest absolute Gasteiger partial charge is 0.469 e.